The number of ether oxygens (including phenoxy) is 1. The van der Waals surface area contributed by atoms with Crippen LogP contribution < -0.4 is 5.32 Å². The summed E-state index contributed by atoms with van der Waals surface area (Å²) in [6.07, 6.45) is 0. The van der Waals surface area contributed by atoms with Gasteiger partial charge in [0.15, 0.2) is 5.78 Å². The van der Waals surface area contributed by atoms with Crippen molar-refractivity contribution in [3.05, 3.63) is 69.8 Å². The highest BCUT2D eigenvalue weighted by atomic mass is 16.6. The number of carbonyl (C=O) groups excluding carboxylic acids is 1. The predicted molar refractivity (Wildman–Crippen MR) is 83.3 cm³/mol. The molecule has 0 aliphatic heterocycles. The molecule has 0 unspecified atom stereocenters. The van der Waals surface area contributed by atoms with Crippen LogP contribution in [0.3, 0.4) is 0 Å². The van der Waals surface area contributed by atoms with Crippen LogP contribution in [0.15, 0.2) is 48.5 Å². The molecule has 0 atom stereocenters. The van der Waals surface area contributed by atoms with Gasteiger partial charge in [0.2, 0.25) is 0 Å². The van der Waals surface area contributed by atoms with Crippen LogP contribution in [0.5, 0.6) is 0 Å². The number of rotatable bonds is 7. The molecule has 0 aromatic heterocycles. The van der Waals surface area contributed by atoms with E-state index in [0.717, 1.165) is 0 Å². The Balaban J connectivity index is 2.29. The second kappa shape index (κ2) is 7.33. The first kappa shape index (κ1) is 15.7. The van der Waals surface area contributed by atoms with E-state index in [1.807, 2.05) is 6.07 Å². The van der Waals surface area contributed by atoms with Crippen LogP contribution in [0.4, 0.5) is 11.4 Å². The van der Waals surface area contributed by atoms with E-state index in [2.05, 4.69) is 5.32 Å². The van der Waals surface area contributed by atoms with Crippen molar-refractivity contribution in [3.63, 3.8) is 0 Å². The maximum atomic E-state index is 12.3. The monoisotopic (exact) mass is 300 g/mol. The minimum atomic E-state index is -0.503. The molecule has 2 aromatic rings. The molecule has 0 saturated heterocycles. The van der Waals surface area contributed by atoms with Gasteiger partial charge in [0.25, 0.3) is 5.69 Å². The van der Waals surface area contributed by atoms with Crippen LogP contribution in [0.2, 0.25) is 0 Å². The van der Waals surface area contributed by atoms with Gasteiger partial charge >= 0.3 is 0 Å². The predicted octanol–water partition coefficient (Wildman–Crippen LogP) is 2.88. The first-order valence-corrected chi connectivity index (χ1v) is 6.74. The summed E-state index contributed by atoms with van der Waals surface area (Å²) in [4.78, 5) is 23.0. The third-order valence-electron chi connectivity index (χ3n) is 3.11. The van der Waals surface area contributed by atoms with Gasteiger partial charge in [0.05, 0.1) is 11.5 Å². The molecular weight excluding hydrogens is 284 g/mol. The zero-order valence-corrected chi connectivity index (χ0v) is 12.1. The van der Waals surface area contributed by atoms with E-state index < -0.39 is 4.92 Å². The summed E-state index contributed by atoms with van der Waals surface area (Å²) in [6.45, 7) is 0.880. The average Bonchev–Trinajstić information content (AvgIpc) is 2.55. The minimum absolute atomic E-state index is 0.127. The lowest BCUT2D eigenvalue weighted by molar-refractivity contribution is -0.384. The van der Waals surface area contributed by atoms with Gasteiger partial charge in [-0.3, -0.25) is 14.9 Å². The molecule has 6 heteroatoms. The van der Waals surface area contributed by atoms with Crippen molar-refractivity contribution < 1.29 is 14.5 Å². The van der Waals surface area contributed by atoms with Gasteiger partial charge in [-0.2, -0.15) is 0 Å². The molecule has 0 aliphatic rings. The van der Waals surface area contributed by atoms with Crippen molar-refractivity contribution in [2.45, 2.75) is 0 Å². The number of nitro groups is 1. The topological polar surface area (TPSA) is 81.5 Å². The van der Waals surface area contributed by atoms with E-state index in [1.54, 1.807) is 43.5 Å². The second-order valence-corrected chi connectivity index (χ2v) is 4.60. The maximum Gasteiger partial charge on any atom is 0.293 e. The van der Waals surface area contributed by atoms with Crippen molar-refractivity contribution in [2.75, 3.05) is 25.6 Å². The second-order valence-electron chi connectivity index (χ2n) is 4.60. The van der Waals surface area contributed by atoms with E-state index in [4.69, 9.17) is 4.74 Å². The Hall–Kier alpha value is -2.73. The van der Waals surface area contributed by atoms with Crippen LogP contribution in [0, 0.1) is 10.1 Å². The van der Waals surface area contributed by atoms with Gasteiger partial charge < -0.3 is 10.1 Å². The normalized spacial score (nSPS) is 10.2. The van der Waals surface area contributed by atoms with E-state index in [9.17, 15) is 14.9 Å². The molecule has 0 bridgehead atoms. The molecule has 0 saturated carbocycles. The molecule has 2 aromatic carbocycles. The zero-order chi connectivity index (χ0) is 15.9. The van der Waals surface area contributed by atoms with Gasteiger partial charge in [-0.15, -0.1) is 0 Å². The Labute approximate surface area is 127 Å². The molecule has 0 heterocycles. The lowest BCUT2D eigenvalue weighted by Gasteiger charge is -2.08. The Kier molecular flexibility index (Phi) is 5.21. The number of hydrogen-bond donors (Lipinski definition) is 1. The number of nitrogens with zero attached hydrogens (tertiary/aromatic N) is 1. The molecule has 1 N–H and O–H groups in total. The molecule has 0 fully saturated rings. The van der Waals surface area contributed by atoms with E-state index in [0.29, 0.717) is 24.4 Å². The number of nitro benzene ring substituents is 1. The standard InChI is InChI=1S/C16H16N2O4/c1-22-10-9-17-14-8-7-13(11-15(14)18(20)21)16(19)12-5-3-2-4-6-12/h2-8,11,17H,9-10H2,1H3. The molecule has 0 radical (unpaired) electrons. The van der Waals surface area contributed by atoms with Crippen molar-refractivity contribution in [3.8, 4) is 0 Å². The summed E-state index contributed by atoms with van der Waals surface area (Å²) < 4.78 is 4.90. The third kappa shape index (κ3) is 3.67. The number of nitrogens with one attached hydrogen (secondary N) is 1. The third-order valence-corrected chi connectivity index (χ3v) is 3.11. The lowest BCUT2D eigenvalue weighted by atomic mass is 10.0. The minimum Gasteiger partial charge on any atom is -0.383 e. The maximum absolute atomic E-state index is 12.3. The highest BCUT2D eigenvalue weighted by Crippen LogP contribution is 2.26. The van der Waals surface area contributed by atoms with Crippen molar-refractivity contribution in [1.82, 2.24) is 0 Å². The summed E-state index contributed by atoms with van der Waals surface area (Å²) in [6, 6.07) is 13.1. The SMILES string of the molecule is COCCNc1ccc(C(=O)c2ccccc2)cc1[N+](=O)[O-]. The fraction of sp³-hybridized carbons (Fsp3) is 0.188. The number of carbonyl (C=O) groups is 1. The fourth-order valence-electron chi connectivity index (χ4n) is 2.02. The smallest absolute Gasteiger partial charge is 0.293 e. The van der Waals surface area contributed by atoms with Gasteiger partial charge in [-0.1, -0.05) is 30.3 Å². The van der Waals surface area contributed by atoms with E-state index in [-0.39, 0.29) is 17.0 Å². The molecule has 0 spiro atoms. The van der Waals surface area contributed by atoms with Crippen LogP contribution in [-0.2, 0) is 4.74 Å². The number of ketones is 1. The van der Waals surface area contributed by atoms with Gasteiger partial charge in [0, 0.05) is 30.8 Å². The summed E-state index contributed by atoms with van der Waals surface area (Å²) >= 11 is 0. The highest BCUT2D eigenvalue weighted by molar-refractivity contribution is 6.09. The molecule has 0 amide bonds. The van der Waals surface area contributed by atoms with Crippen LogP contribution in [-0.4, -0.2) is 31.0 Å². The van der Waals surface area contributed by atoms with Crippen LogP contribution in [0.1, 0.15) is 15.9 Å². The van der Waals surface area contributed by atoms with Crippen LogP contribution in [0.25, 0.3) is 0 Å². The number of benzene rings is 2. The summed E-state index contributed by atoms with van der Waals surface area (Å²) in [5, 5.41) is 14.1. The van der Waals surface area contributed by atoms with Crippen molar-refractivity contribution in [2.24, 2.45) is 0 Å². The summed E-state index contributed by atoms with van der Waals surface area (Å²) in [5.41, 5.74) is 1.02. The first-order valence-electron chi connectivity index (χ1n) is 6.74. The Morgan fingerprint density at radius 2 is 1.91 bits per heavy atom. The highest BCUT2D eigenvalue weighted by Gasteiger charge is 2.18. The number of hydrogen-bond acceptors (Lipinski definition) is 5. The molecule has 22 heavy (non-hydrogen) atoms. The molecule has 2 rings (SSSR count). The average molecular weight is 300 g/mol. The summed E-state index contributed by atoms with van der Waals surface area (Å²) in [7, 11) is 1.55. The zero-order valence-electron chi connectivity index (χ0n) is 12.1. The lowest BCUT2D eigenvalue weighted by Crippen LogP contribution is -2.10. The fourth-order valence-corrected chi connectivity index (χ4v) is 2.02. The quantitative estimate of drug-likeness (QED) is 0.368. The van der Waals surface area contributed by atoms with Gasteiger partial charge in [-0.05, 0) is 12.1 Å². The number of methoxy groups -OCH3 is 1. The Morgan fingerprint density at radius 3 is 2.55 bits per heavy atom. The molecule has 114 valence electrons. The van der Waals surface area contributed by atoms with Gasteiger partial charge in [0.1, 0.15) is 5.69 Å². The molecule has 0 aliphatic carbocycles. The largest absolute Gasteiger partial charge is 0.383 e. The van der Waals surface area contributed by atoms with Crippen molar-refractivity contribution >= 4 is 17.2 Å². The van der Waals surface area contributed by atoms with E-state index in [1.165, 1.54) is 6.07 Å². The van der Waals surface area contributed by atoms with Gasteiger partial charge in [-0.25, -0.2) is 0 Å². The summed E-state index contributed by atoms with van der Waals surface area (Å²) in [5.74, 6) is -0.243. The molecular formula is C16H16N2O4. The van der Waals surface area contributed by atoms with Crippen molar-refractivity contribution in [1.29, 1.82) is 0 Å². The van der Waals surface area contributed by atoms with E-state index >= 15 is 0 Å². The molecule has 6 nitrogen and oxygen atoms in total. The Bertz CT molecular complexity index is 671. The van der Waals surface area contributed by atoms with Crippen LogP contribution >= 0.6 is 0 Å². The number of anilines is 1. The first-order chi connectivity index (χ1) is 10.6. The Morgan fingerprint density at radius 1 is 1.18 bits per heavy atom.